The lowest BCUT2D eigenvalue weighted by Gasteiger charge is -2.13. The van der Waals surface area contributed by atoms with Crippen LogP contribution in [0.25, 0.3) is 11.1 Å². The highest BCUT2D eigenvalue weighted by atomic mass is 16.3. The van der Waals surface area contributed by atoms with E-state index in [9.17, 15) is 5.11 Å². The molecule has 0 amide bonds. The van der Waals surface area contributed by atoms with E-state index in [2.05, 4.69) is 6.07 Å². The minimum absolute atomic E-state index is 0.0280. The molecular formula is C16H15NO. The van der Waals surface area contributed by atoms with Crippen molar-refractivity contribution in [2.45, 2.75) is 20.5 Å². The van der Waals surface area contributed by atoms with Crippen LogP contribution in [0.1, 0.15) is 22.3 Å². The van der Waals surface area contributed by atoms with Crippen LogP contribution < -0.4 is 0 Å². The normalized spacial score (nSPS) is 10.1. The van der Waals surface area contributed by atoms with Gasteiger partial charge in [0.15, 0.2) is 0 Å². The number of aliphatic hydroxyl groups excluding tert-OH is 1. The molecule has 2 nitrogen and oxygen atoms in total. The number of hydrogen-bond acceptors (Lipinski definition) is 2. The van der Waals surface area contributed by atoms with Gasteiger partial charge in [0.05, 0.1) is 18.2 Å². The summed E-state index contributed by atoms with van der Waals surface area (Å²) in [7, 11) is 0. The predicted molar refractivity (Wildman–Crippen MR) is 72.0 cm³/mol. The zero-order chi connectivity index (χ0) is 13.1. The molecule has 90 valence electrons. The third kappa shape index (κ3) is 2.01. The Morgan fingerprint density at radius 2 is 1.78 bits per heavy atom. The fourth-order valence-corrected chi connectivity index (χ4v) is 2.24. The monoisotopic (exact) mass is 237 g/mol. The van der Waals surface area contributed by atoms with E-state index in [0.29, 0.717) is 5.56 Å². The zero-order valence-electron chi connectivity index (χ0n) is 10.6. The molecule has 1 N–H and O–H groups in total. The number of nitriles is 1. The lowest BCUT2D eigenvalue weighted by atomic mass is 9.91. The van der Waals surface area contributed by atoms with Gasteiger partial charge in [-0.25, -0.2) is 0 Å². The quantitative estimate of drug-likeness (QED) is 0.870. The van der Waals surface area contributed by atoms with E-state index in [1.165, 1.54) is 0 Å². The first-order valence-corrected chi connectivity index (χ1v) is 5.88. The van der Waals surface area contributed by atoms with E-state index in [-0.39, 0.29) is 6.61 Å². The van der Waals surface area contributed by atoms with E-state index >= 15 is 0 Å². The number of rotatable bonds is 2. The van der Waals surface area contributed by atoms with Crippen LogP contribution in [0.5, 0.6) is 0 Å². The minimum Gasteiger partial charge on any atom is -0.392 e. The number of nitrogens with zero attached hydrogens (tertiary/aromatic N) is 1. The van der Waals surface area contributed by atoms with Gasteiger partial charge in [-0.2, -0.15) is 5.26 Å². The molecule has 0 radical (unpaired) electrons. The Morgan fingerprint density at radius 3 is 2.44 bits per heavy atom. The average Bonchev–Trinajstić information content (AvgIpc) is 2.39. The number of benzene rings is 2. The Kier molecular flexibility index (Phi) is 3.45. The Morgan fingerprint density at radius 1 is 1.06 bits per heavy atom. The van der Waals surface area contributed by atoms with Gasteiger partial charge in [-0.1, -0.05) is 30.3 Å². The van der Waals surface area contributed by atoms with Crippen molar-refractivity contribution in [3.63, 3.8) is 0 Å². The minimum atomic E-state index is 0.0280. The SMILES string of the molecule is Cc1ccc(-c2ccccc2C#N)c(C)c1CO. The summed E-state index contributed by atoms with van der Waals surface area (Å²) >= 11 is 0. The first-order chi connectivity index (χ1) is 8.69. The summed E-state index contributed by atoms with van der Waals surface area (Å²) in [5.41, 5.74) is 5.66. The first-order valence-electron chi connectivity index (χ1n) is 5.88. The molecular weight excluding hydrogens is 222 g/mol. The highest BCUT2D eigenvalue weighted by Gasteiger charge is 2.11. The van der Waals surface area contributed by atoms with Crippen molar-refractivity contribution in [1.82, 2.24) is 0 Å². The topological polar surface area (TPSA) is 44.0 Å². The van der Waals surface area contributed by atoms with Crippen molar-refractivity contribution in [2.75, 3.05) is 0 Å². The molecule has 0 aliphatic heterocycles. The Hall–Kier alpha value is -2.11. The molecule has 0 aliphatic rings. The molecule has 0 atom stereocenters. The second-order valence-electron chi connectivity index (χ2n) is 4.35. The molecule has 0 saturated carbocycles. The smallest absolute Gasteiger partial charge is 0.0998 e. The molecule has 0 heterocycles. The van der Waals surface area contributed by atoms with Crippen molar-refractivity contribution in [3.05, 3.63) is 58.7 Å². The number of aliphatic hydroxyl groups is 1. The third-order valence-electron chi connectivity index (χ3n) is 3.33. The van der Waals surface area contributed by atoms with Crippen LogP contribution in [0, 0.1) is 25.2 Å². The van der Waals surface area contributed by atoms with Crippen molar-refractivity contribution in [3.8, 4) is 17.2 Å². The van der Waals surface area contributed by atoms with Gasteiger partial charge in [0.1, 0.15) is 0 Å². The molecule has 2 heteroatoms. The van der Waals surface area contributed by atoms with Gasteiger partial charge >= 0.3 is 0 Å². The van der Waals surface area contributed by atoms with Crippen LogP contribution in [0.15, 0.2) is 36.4 Å². The molecule has 18 heavy (non-hydrogen) atoms. The van der Waals surface area contributed by atoms with Gasteiger partial charge in [0, 0.05) is 0 Å². The van der Waals surface area contributed by atoms with Crippen LogP contribution in [0.2, 0.25) is 0 Å². The molecule has 0 aliphatic carbocycles. The summed E-state index contributed by atoms with van der Waals surface area (Å²) in [6.45, 7) is 4.00. The van der Waals surface area contributed by atoms with Gasteiger partial charge in [0.25, 0.3) is 0 Å². The van der Waals surface area contributed by atoms with Gasteiger partial charge in [-0.05, 0) is 47.7 Å². The van der Waals surface area contributed by atoms with Crippen molar-refractivity contribution in [2.24, 2.45) is 0 Å². The standard InChI is InChI=1S/C16H15NO/c1-11-7-8-14(12(2)16(11)10-18)15-6-4-3-5-13(15)9-17/h3-8,18H,10H2,1-2H3. The summed E-state index contributed by atoms with van der Waals surface area (Å²) in [4.78, 5) is 0. The molecule has 2 aromatic rings. The van der Waals surface area contributed by atoms with E-state index in [1.807, 2.05) is 50.2 Å². The summed E-state index contributed by atoms with van der Waals surface area (Å²) in [6, 6.07) is 13.8. The molecule has 0 unspecified atom stereocenters. The highest BCUT2D eigenvalue weighted by Crippen LogP contribution is 2.30. The average molecular weight is 237 g/mol. The molecule has 0 saturated heterocycles. The maximum absolute atomic E-state index is 9.43. The molecule has 2 rings (SSSR count). The second kappa shape index (κ2) is 5.03. The summed E-state index contributed by atoms with van der Waals surface area (Å²) in [5, 5.41) is 18.6. The van der Waals surface area contributed by atoms with Crippen molar-refractivity contribution >= 4 is 0 Å². The van der Waals surface area contributed by atoms with E-state index < -0.39 is 0 Å². The van der Waals surface area contributed by atoms with Gasteiger partial charge in [0.2, 0.25) is 0 Å². The summed E-state index contributed by atoms with van der Waals surface area (Å²) in [6.07, 6.45) is 0. The van der Waals surface area contributed by atoms with Gasteiger partial charge in [-0.15, -0.1) is 0 Å². The van der Waals surface area contributed by atoms with E-state index in [1.54, 1.807) is 0 Å². The third-order valence-corrected chi connectivity index (χ3v) is 3.33. The molecule has 2 aromatic carbocycles. The van der Waals surface area contributed by atoms with Crippen LogP contribution >= 0.6 is 0 Å². The summed E-state index contributed by atoms with van der Waals surface area (Å²) in [5.74, 6) is 0. The van der Waals surface area contributed by atoms with Crippen LogP contribution in [0.4, 0.5) is 0 Å². The van der Waals surface area contributed by atoms with Crippen molar-refractivity contribution < 1.29 is 5.11 Å². The van der Waals surface area contributed by atoms with Crippen LogP contribution in [-0.4, -0.2) is 5.11 Å². The Bertz CT molecular complexity index is 623. The predicted octanol–water partition coefficient (Wildman–Crippen LogP) is 3.33. The first kappa shape index (κ1) is 12.3. The second-order valence-corrected chi connectivity index (χ2v) is 4.35. The molecule has 0 aromatic heterocycles. The van der Waals surface area contributed by atoms with Gasteiger partial charge in [-0.3, -0.25) is 0 Å². The zero-order valence-corrected chi connectivity index (χ0v) is 10.6. The Labute approximate surface area is 107 Å². The Balaban J connectivity index is 2.69. The lowest BCUT2D eigenvalue weighted by Crippen LogP contribution is -1.97. The number of hydrogen-bond donors (Lipinski definition) is 1. The largest absolute Gasteiger partial charge is 0.392 e. The molecule has 0 spiro atoms. The fourth-order valence-electron chi connectivity index (χ4n) is 2.24. The lowest BCUT2D eigenvalue weighted by molar-refractivity contribution is 0.280. The number of aryl methyl sites for hydroxylation is 1. The highest BCUT2D eigenvalue weighted by molar-refractivity contribution is 5.74. The maximum Gasteiger partial charge on any atom is 0.0998 e. The maximum atomic E-state index is 9.43. The van der Waals surface area contributed by atoms with Gasteiger partial charge < -0.3 is 5.11 Å². The van der Waals surface area contributed by atoms with Crippen LogP contribution in [0.3, 0.4) is 0 Å². The van der Waals surface area contributed by atoms with E-state index in [4.69, 9.17) is 5.26 Å². The van der Waals surface area contributed by atoms with Crippen LogP contribution in [-0.2, 0) is 6.61 Å². The van der Waals surface area contributed by atoms with Crippen molar-refractivity contribution in [1.29, 1.82) is 5.26 Å². The van der Waals surface area contributed by atoms with E-state index in [0.717, 1.165) is 27.8 Å². The molecule has 0 bridgehead atoms. The molecule has 0 fully saturated rings. The summed E-state index contributed by atoms with van der Waals surface area (Å²) < 4.78 is 0. The fraction of sp³-hybridized carbons (Fsp3) is 0.188.